The predicted octanol–water partition coefficient (Wildman–Crippen LogP) is 1.44. The minimum Gasteiger partial charge on any atom is -0.252 e. The number of hydrogen-bond donors (Lipinski definition) is 1. The molecule has 0 spiro atoms. The standard InChI is InChI=1S/C9H9FN4O2S2/c1-2-7-12-13-9(17-7)14-18(15,16)8-6(10)4-3-5-11-8/h3-5H,2H2,1H3,(H,13,14). The molecule has 0 unspecified atom stereocenters. The van der Waals surface area contributed by atoms with Gasteiger partial charge in [0.05, 0.1) is 0 Å². The van der Waals surface area contributed by atoms with E-state index in [1.807, 2.05) is 6.92 Å². The summed E-state index contributed by atoms with van der Waals surface area (Å²) >= 11 is 1.10. The number of hydrogen-bond acceptors (Lipinski definition) is 6. The Balaban J connectivity index is 2.30. The van der Waals surface area contributed by atoms with Gasteiger partial charge in [-0.3, -0.25) is 4.72 Å². The van der Waals surface area contributed by atoms with Crippen molar-refractivity contribution in [2.24, 2.45) is 0 Å². The average Bonchev–Trinajstić information content (AvgIpc) is 2.76. The minimum atomic E-state index is -4.07. The van der Waals surface area contributed by atoms with Gasteiger partial charge in [0.2, 0.25) is 10.2 Å². The van der Waals surface area contributed by atoms with E-state index in [4.69, 9.17) is 0 Å². The number of aromatic nitrogens is 3. The highest BCUT2D eigenvalue weighted by Crippen LogP contribution is 2.20. The number of sulfonamides is 1. The highest BCUT2D eigenvalue weighted by atomic mass is 32.2. The molecule has 18 heavy (non-hydrogen) atoms. The third kappa shape index (κ3) is 2.62. The Morgan fingerprint density at radius 1 is 1.44 bits per heavy atom. The first-order valence-electron chi connectivity index (χ1n) is 4.98. The fourth-order valence-corrected chi connectivity index (χ4v) is 3.09. The summed E-state index contributed by atoms with van der Waals surface area (Å²) in [6.45, 7) is 1.87. The van der Waals surface area contributed by atoms with Gasteiger partial charge in [-0.25, -0.2) is 9.37 Å². The lowest BCUT2D eigenvalue weighted by molar-refractivity contribution is 0.556. The van der Waals surface area contributed by atoms with Gasteiger partial charge < -0.3 is 0 Å². The first-order valence-corrected chi connectivity index (χ1v) is 7.28. The van der Waals surface area contributed by atoms with Crippen molar-refractivity contribution in [2.45, 2.75) is 18.4 Å². The molecule has 2 aromatic rings. The van der Waals surface area contributed by atoms with Crippen molar-refractivity contribution < 1.29 is 12.8 Å². The van der Waals surface area contributed by atoms with Crippen LogP contribution in [0, 0.1) is 5.82 Å². The lowest BCUT2D eigenvalue weighted by Crippen LogP contribution is -2.16. The quantitative estimate of drug-likeness (QED) is 0.920. The Hall–Kier alpha value is -1.61. The number of nitrogens with one attached hydrogen (secondary N) is 1. The number of halogens is 1. The summed E-state index contributed by atoms with van der Waals surface area (Å²) in [5.74, 6) is -0.912. The average molecular weight is 288 g/mol. The van der Waals surface area contributed by atoms with E-state index in [9.17, 15) is 12.8 Å². The van der Waals surface area contributed by atoms with E-state index in [1.165, 1.54) is 12.3 Å². The van der Waals surface area contributed by atoms with Gasteiger partial charge in [0, 0.05) is 6.20 Å². The Labute approximate surface area is 107 Å². The van der Waals surface area contributed by atoms with Crippen LogP contribution in [-0.4, -0.2) is 23.6 Å². The van der Waals surface area contributed by atoms with E-state index in [-0.39, 0.29) is 5.13 Å². The zero-order valence-corrected chi connectivity index (χ0v) is 10.9. The Kier molecular flexibility index (Phi) is 3.53. The lowest BCUT2D eigenvalue weighted by Gasteiger charge is -2.03. The first-order chi connectivity index (χ1) is 8.53. The number of pyridine rings is 1. The molecule has 0 radical (unpaired) electrons. The van der Waals surface area contributed by atoms with Gasteiger partial charge in [-0.1, -0.05) is 18.3 Å². The van der Waals surface area contributed by atoms with Crippen molar-refractivity contribution in [1.29, 1.82) is 0 Å². The second-order valence-corrected chi connectivity index (χ2v) is 5.91. The predicted molar refractivity (Wildman–Crippen MR) is 64.3 cm³/mol. The maximum absolute atomic E-state index is 13.3. The first kappa shape index (κ1) is 12.8. The molecule has 1 N–H and O–H groups in total. The van der Waals surface area contributed by atoms with Crippen LogP contribution in [-0.2, 0) is 16.4 Å². The van der Waals surface area contributed by atoms with Crippen molar-refractivity contribution >= 4 is 26.5 Å². The molecule has 0 saturated heterocycles. The SMILES string of the molecule is CCc1nnc(NS(=O)(=O)c2ncccc2F)s1. The normalized spacial score (nSPS) is 11.4. The second kappa shape index (κ2) is 4.94. The molecule has 2 aromatic heterocycles. The lowest BCUT2D eigenvalue weighted by atomic mass is 10.5. The van der Waals surface area contributed by atoms with E-state index in [1.54, 1.807) is 0 Å². The summed E-state index contributed by atoms with van der Waals surface area (Å²) in [6, 6.07) is 2.34. The van der Waals surface area contributed by atoms with Crippen LogP contribution in [0.4, 0.5) is 9.52 Å². The van der Waals surface area contributed by atoms with E-state index in [2.05, 4.69) is 19.9 Å². The van der Waals surface area contributed by atoms with Crippen molar-refractivity contribution in [3.8, 4) is 0 Å². The van der Waals surface area contributed by atoms with Crippen molar-refractivity contribution in [1.82, 2.24) is 15.2 Å². The third-order valence-corrected chi connectivity index (χ3v) is 4.35. The van der Waals surface area contributed by atoms with Crippen LogP contribution in [0.1, 0.15) is 11.9 Å². The number of nitrogens with zero attached hydrogens (tertiary/aromatic N) is 3. The van der Waals surface area contributed by atoms with Crippen LogP contribution in [0.15, 0.2) is 23.4 Å². The van der Waals surface area contributed by atoms with Crippen LogP contribution in [0.25, 0.3) is 0 Å². The summed E-state index contributed by atoms with van der Waals surface area (Å²) in [4.78, 5) is 3.50. The molecule has 0 amide bonds. The van der Waals surface area contributed by atoms with E-state index < -0.39 is 20.9 Å². The highest BCUT2D eigenvalue weighted by molar-refractivity contribution is 7.92. The molecule has 0 saturated carbocycles. The summed E-state index contributed by atoms with van der Waals surface area (Å²) in [5, 5.41) is 7.55. The molecule has 2 heterocycles. The Morgan fingerprint density at radius 2 is 2.22 bits per heavy atom. The third-order valence-electron chi connectivity index (χ3n) is 1.97. The van der Waals surface area contributed by atoms with Crippen molar-refractivity contribution in [3.05, 3.63) is 29.2 Å². The zero-order chi connectivity index (χ0) is 13.2. The summed E-state index contributed by atoms with van der Waals surface area (Å²) in [7, 11) is -4.07. The van der Waals surface area contributed by atoms with Gasteiger partial charge in [-0.05, 0) is 18.6 Å². The molecular formula is C9H9FN4O2S2. The van der Waals surface area contributed by atoms with Gasteiger partial charge in [-0.2, -0.15) is 8.42 Å². The van der Waals surface area contributed by atoms with Crippen LogP contribution < -0.4 is 4.72 Å². The summed E-state index contributed by atoms with van der Waals surface area (Å²) < 4.78 is 39.2. The summed E-state index contributed by atoms with van der Waals surface area (Å²) in [6.07, 6.45) is 1.85. The molecule has 0 aromatic carbocycles. The fourth-order valence-electron chi connectivity index (χ4n) is 1.17. The molecule has 96 valence electrons. The van der Waals surface area contributed by atoms with Crippen LogP contribution >= 0.6 is 11.3 Å². The van der Waals surface area contributed by atoms with Crippen LogP contribution in [0.3, 0.4) is 0 Å². The molecule has 0 aliphatic carbocycles. The zero-order valence-electron chi connectivity index (χ0n) is 9.29. The smallest absolute Gasteiger partial charge is 0.252 e. The topological polar surface area (TPSA) is 84.8 Å². The van der Waals surface area contributed by atoms with Crippen molar-refractivity contribution in [2.75, 3.05) is 4.72 Å². The largest absolute Gasteiger partial charge is 0.284 e. The van der Waals surface area contributed by atoms with Gasteiger partial charge in [0.25, 0.3) is 10.0 Å². The molecule has 0 fully saturated rings. The molecule has 0 bridgehead atoms. The van der Waals surface area contributed by atoms with Gasteiger partial charge in [-0.15, -0.1) is 10.2 Å². The number of anilines is 1. The minimum absolute atomic E-state index is 0.0944. The van der Waals surface area contributed by atoms with Gasteiger partial charge in [0.15, 0.2) is 5.82 Å². The molecule has 6 nitrogen and oxygen atoms in total. The van der Waals surface area contributed by atoms with E-state index in [0.29, 0.717) is 11.4 Å². The molecule has 2 rings (SSSR count). The van der Waals surface area contributed by atoms with Crippen LogP contribution in [0.2, 0.25) is 0 Å². The second-order valence-electron chi connectivity index (χ2n) is 3.25. The van der Waals surface area contributed by atoms with E-state index in [0.717, 1.165) is 17.4 Å². The Bertz CT molecular complexity index is 656. The monoisotopic (exact) mass is 288 g/mol. The maximum atomic E-state index is 13.3. The fraction of sp³-hybridized carbons (Fsp3) is 0.222. The van der Waals surface area contributed by atoms with Crippen molar-refractivity contribution in [3.63, 3.8) is 0 Å². The van der Waals surface area contributed by atoms with Gasteiger partial charge >= 0.3 is 0 Å². The van der Waals surface area contributed by atoms with E-state index >= 15 is 0 Å². The number of rotatable bonds is 4. The van der Waals surface area contributed by atoms with Gasteiger partial charge in [0.1, 0.15) is 5.01 Å². The molecule has 0 atom stereocenters. The molecule has 9 heteroatoms. The number of aryl methyl sites for hydroxylation is 1. The molecule has 0 aliphatic rings. The van der Waals surface area contributed by atoms with Crippen LogP contribution in [0.5, 0.6) is 0 Å². The summed E-state index contributed by atoms with van der Waals surface area (Å²) in [5.41, 5.74) is 0. The maximum Gasteiger partial charge on any atom is 0.284 e. The molecule has 0 aliphatic heterocycles. The molecular weight excluding hydrogens is 279 g/mol. The highest BCUT2D eigenvalue weighted by Gasteiger charge is 2.22. The Morgan fingerprint density at radius 3 is 2.83 bits per heavy atom.